The summed E-state index contributed by atoms with van der Waals surface area (Å²) in [4.78, 5) is 25.3. The van der Waals surface area contributed by atoms with E-state index in [1.807, 2.05) is 6.92 Å². The number of rotatable bonds is 4. The third-order valence-electron chi connectivity index (χ3n) is 3.76. The normalized spacial score (nSPS) is 21.8. The van der Waals surface area contributed by atoms with Gasteiger partial charge in [-0.2, -0.15) is 0 Å². The van der Waals surface area contributed by atoms with Gasteiger partial charge in [0.2, 0.25) is 0 Å². The Morgan fingerprint density at radius 3 is 2.55 bits per heavy atom. The highest BCUT2D eigenvalue weighted by molar-refractivity contribution is 5.98. The van der Waals surface area contributed by atoms with Gasteiger partial charge in [0.05, 0.1) is 6.61 Å². The number of hydrogen-bond acceptors (Lipinski definition) is 3. The summed E-state index contributed by atoms with van der Waals surface area (Å²) in [6.07, 6.45) is 1.21. The van der Waals surface area contributed by atoms with E-state index in [9.17, 15) is 14.7 Å². The van der Waals surface area contributed by atoms with Gasteiger partial charge < -0.3 is 14.7 Å². The van der Waals surface area contributed by atoms with Gasteiger partial charge in [-0.15, -0.1) is 0 Å². The Kier molecular flexibility index (Phi) is 3.97. The quantitative estimate of drug-likeness (QED) is 0.916. The van der Waals surface area contributed by atoms with Gasteiger partial charge in [0, 0.05) is 12.1 Å². The predicted molar refractivity (Wildman–Crippen MR) is 73.9 cm³/mol. The molecule has 20 heavy (non-hydrogen) atoms. The molecule has 0 aliphatic carbocycles. The van der Waals surface area contributed by atoms with Crippen molar-refractivity contribution in [2.24, 2.45) is 0 Å². The van der Waals surface area contributed by atoms with Crippen LogP contribution in [0.15, 0.2) is 24.3 Å². The molecule has 5 nitrogen and oxygen atoms in total. The highest BCUT2D eigenvalue weighted by Crippen LogP contribution is 2.31. The summed E-state index contributed by atoms with van der Waals surface area (Å²) in [5.74, 6) is -0.490. The predicted octanol–water partition coefficient (Wildman–Crippen LogP) is 2.16. The SMILES string of the molecule is CCOc1ccc(C(=O)N2CCCC2(C)C(=O)O)cc1. The van der Waals surface area contributed by atoms with Crippen molar-refractivity contribution >= 4 is 11.9 Å². The lowest BCUT2D eigenvalue weighted by Gasteiger charge is -2.31. The molecule has 1 atom stereocenters. The summed E-state index contributed by atoms with van der Waals surface area (Å²) in [5.41, 5.74) is -0.613. The van der Waals surface area contributed by atoms with Gasteiger partial charge in [0.1, 0.15) is 11.3 Å². The van der Waals surface area contributed by atoms with Crippen LogP contribution in [-0.4, -0.2) is 40.6 Å². The number of ether oxygens (including phenoxy) is 1. The van der Waals surface area contributed by atoms with Crippen LogP contribution < -0.4 is 4.74 Å². The fraction of sp³-hybridized carbons (Fsp3) is 0.467. The first-order chi connectivity index (χ1) is 9.49. The molecule has 1 unspecified atom stereocenters. The molecule has 1 amide bonds. The lowest BCUT2D eigenvalue weighted by atomic mass is 9.98. The van der Waals surface area contributed by atoms with Crippen molar-refractivity contribution in [1.29, 1.82) is 0 Å². The van der Waals surface area contributed by atoms with Crippen LogP contribution in [-0.2, 0) is 4.79 Å². The van der Waals surface area contributed by atoms with Crippen molar-refractivity contribution in [1.82, 2.24) is 4.90 Å². The highest BCUT2D eigenvalue weighted by atomic mass is 16.5. The van der Waals surface area contributed by atoms with Gasteiger partial charge in [-0.05, 0) is 51.0 Å². The van der Waals surface area contributed by atoms with E-state index in [4.69, 9.17) is 4.74 Å². The Hall–Kier alpha value is -2.04. The van der Waals surface area contributed by atoms with E-state index < -0.39 is 11.5 Å². The maximum atomic E-state index is 12.5. The molecule has 1 heterocycles. The molecule has 1 fully saturated rings. The van der Waals surface area contributed by atoms with Gasteiger partial charge >= 0.3 is 5.97 Å². The van der Waals surface area contributed by atoms with Crippen LogP contribution in [0.25, 0.3) is 0 Å². The van der Waals surface area contributed by atoms with E-state index in [0.717, 1.165) is 0 Å². The number of hydrogen-bond donors (Lipinski definition) is 1. The molecule has 0 saturated carbocycles. The van der Waals surface area contributed by atoms with Gasteiger partial charge in [-0.1, -0.05) is 0 Å². The zero-order chi connectivity index (χ0) is 14.8. The molecule has 0 aromatic heterocycles. The first-order valence-corrected chi connectivity index (χ1v) is 6.77. The number of carbonyl (C=O) groups excluding carboxylic acids is 1. The zero-order valence-corrected chi connectivity index (χ0v) is 11.8. The van der Waals surface area contributed by atoms with Gasteiger partial charge in [-0.25, -0.2) is 4.79 Å². The van der Waals surface area contributed by atoms with Crippen molar-refractivity contribution in [2.75, 3.05) is 13.2 Å². The standard InChI is InChI=1S/C15H19NO4/c1-3-20-12-7-5-11(6-8-12)13(17)16-10-4-9-15(16,2)14(18)19/h5-8H,3-4,9-10H2,1-2H3,(H,18,19). The molecule has 1 aromatic rings. The summed E-state index contributed by atoms with van der Waals surface area (Å²) in [7, 11) is 0. The van der Waals surface area contributed by atoms with Gasteiger partial charge in [-0.3, -0.25) is 4.79 Å². The van der Waals surface area contributed by atoms with E-state index in [0.29, 0.717) is 37.3 Å². The first-order valence-electron chi connectivity index (χ1n) is 6.77. The molecule has 1 saturated heterocycles. The molecule has 0 bridgehead atoms. The molecule has 2 rings (SSSR count). The van der Waals surface area contributed by atoms with Crippen LogP contribution in [0.3, 0.4) is 0 Å². The minimum atomic E-state index is -1.10. The number of likely N-dealkylation sites (tertiary alicyclic amines) is 1. The number of amides is 1. The van der Waals surface area contributed by atoms with Crippen LogP contribution in [0.5, 0.6) is 5.75 Å². The van der Waals surface area contributed by atoms with Gasteiger partial charge in [0.25, 0.3) is 5.91 Å². The van der Waals surface area contributed by atoms with Crippen molar-refractivity contribution < 1.29 is 19.4 Å². The maximum absolute atomic E-state index is 12.5. The number of aliphatic carboxylic acids is 1. The summed E-state index contributed by atoms with van der Waals surface area (Å²) in [6, 6.07) is 6.80. The van der Waals surface area contributed by atoms with E-state index in [1.165, 1.54) is 4.90 Å². The lowest BCUT2D eigenvalue weighted by Crippen LogP contribution is -2.50. The van der Waals surface area contributed by atoms with Crippen LogP contribution in [0, 0.1) is 0 Å². The van der Waals surface area contributed by atoms with E-state index in [1.54, 1.807) is 31.2 Å². The summed E-state index contributed by atoms with van der Waals surface area (Å²) in [5, 5.41) is 9.34. The molecule has 1 aromatic carbocycles. The van der Waals surface area contributed by atoms with Crippen LogP contribution in [0.1, 0.15) is 37.0 Å². The van der Waals surface area contributed by atoms with Crippen molar-refractivity contribution in [2.45, 2.75) is 32.2 Å². The third kappa shape index (κ3) is 2.48. The fourth-order valence-electron chi connectivity index (χ4n) is 2.53. The average molecular weight is 277 g/mol. The summed E-state index contributed by atoms with van der Waals surface area (Å²) >= 11 is 0. The minimum absolute atomic E-state index is 0.240. The Balaban J connectivity index is 2.20. The summed E-state index contributed by atoms with van der Waals surface area (Å²) in [6.45, 7) is 4.54. The second kappa shape index (κ2) is 5.53. The average Bonchev–Trinajstić information content (AvgIpc) is 2.83. The number of benzene rings is 1. The smallest absolute Gasteiger partial charge is 0.329 e. The highest BCUT2D eigenvalue weighted by Gasteiger charge is 2.46. The lowest BCUT2D eigenvalue weighted by molar-refractivity contribution is -0.147. The number of carboxylic acids is 1. The molecule has 1 aliphatic heterocycles. The monoisotopic (exact) mass is 277 g/mol. The number of carboxylic acid groups (broad SMARTS) is 1. The Morgan fingerprint density at radius 1 is 1.35 bits per heavy atom. The van der Waals surface area contributed by atoms with E-state index in [-0.39, 0.29) is 5.91 Å². The molecular weight excluding hydrogens is 258 g/mol. The molecule has 5 heteroatoms. The zero-order valence-electron chi connectivity index (χ0n) is 11.8. The van der Waals surface area contributed by atoms with Crippen molar-refractivity contribution in [3.63, 3.8) is 0 Å². The summed E-state index contributed by atoms with van der Waals surface area (Å²) < 4.78 is 5.33. The molecule has 108 valence electrons. The Bertz CT molecular complexity index is 511. The number of carbonyl (C=O) groups is 2. The molecule has 0 radical (unpaired) electrons. The van der Waals surface area contributed by atoms with Crippen LogP contribution in [0.4, 0.5) is 0 Å². The minimum Gasteiger partial charge on any atom is -0.494 e. The van der Waals surface area contributed by atoms with Crippen molar-refractivity contribution in [3.8, 4) is 5.75 Å². The fourth-order valence-corrected chi connectivity index (χ4v) is 2.53. The van der Waals surface area contributed by atoms with Gasteiger partial charge in [0.15, 0.2) is 0 Å². The Labute approximate surface area is 118 Å². The van der Waals surface area contributed by atoms with E-state index in [2.05, 4.69) is 0 Å². The number of nitrogens with zero attached hydrogens (tertiary/aromatic N) is 1. The second-order valence-electron chi connectivity index (χ2n) is 5.10. The van der Waals surface area contributed by atoms with Crippen LogP contribution in [0.2, 0.25) is 0 Å². The topological polar surface area (TPSA) is 66.8 Å². The maximum Gasteiger partial charge on any atom is 0.329 e. The first kappa shape index (κ1) is 14.4. The molecule has 1 N–H and O–H groups in total. The molecule has 0 spiro atoms. The van der Waals surface area contributed by atoms with Crippen LogP contribution >= 0.6 is 0 Å². The van der Waals surface area contributed by atoms with Crippen molar-refractivity contribution in [3.05, 3.63) is 29.8 Å². The second-order valence-corrected chi connectivity index (χ2v) is 5.10. The Morgan fingerprint density at radius 2 is 2.00 bits per heavy atom. The third-order valence-corrected chi connectivity index (χ3v) is 3.76. The molecular formula is C15H19NO4. The largest absolute Gasteiger partial charge is 0.494 e. The van der Waals surface area contributed by atoms with E-state index >= 15 is 0 Å². The molecule has 1 aliphatic rings.